The molecule has 1 fully saturated rings. The van der Waals surface area contributed by atoms with E-state index in [1.807, 2.05) is 49.6 Å². The van der Waals surface area contributed by atoms with E-state index >= 15 is 0 Å². The normalized spacial score (nSPS) is 15.9. The molecule has 40 heavy (non-hydrogen) atoms. The van der Waals surface area contributed by atoms with E-state index in [-0.39, 0.29) is 26.2 Å². The van der Waals surface area contributed by atoms with Gasteiger partial charge in [0.2, 0.25) is 0 Å². The molecule has 2 amide bonds. The van der Waals surface area contributed by atoms with E-state index in [1.165, 1.54) is 19.3 Å². The largest absolute Gasteiger partial charge is 1.00 e. The molecule has 2 aromatic rings. The van der Waals surface area contributed by atoms with Crippen molar-refractivity contribution in [2.45, 2.75) is 83.7 Å². The standard InChI is InChI=1S/C32H44N2O4S.Li.H/c1-5-11-30(35)34(3,25-13-7-6-8-14-25)20-18-24-16-17-27(28(22-24)26-15-10-9-12-23(26)2)31(36)33-29(32(37)38)19-21-39-4;;/h9-10,12,15-17,22,25,29H,5-8,11,13-14,18-21H2,1-4H3,(H-,33,36,37,38);;/q;+1;-1/p+1/t29-,34?;;/m0../s1. The van der Waals surface area contributed by atoms with Gasteiger partial charge in [0.05, 0.1) is 26.1 Å². The van der Waals surface area contributed by atoms with Crippen molar-refractivity contribution in [3.05, 3.63) is 59.2 Å². The summed E-state index contributed by atoms with van der Waals surface area (Å²) in [5.41, 5.74) is 4.33. The van der Waals surface area contributed by atoms with Gasteiger partial charge in [0, 0.05) is 12.0 Å². The van der Waals surface area contributed by atoms with Crippen molar-refractivity contribution in [1.82, 2.24) is 5.32 Å². The SMILES string of the molecule is CCCC(=O)[N+](C)(CCc1ccc(C(=O)N[C@@H](CCSC)C(=O)O)c(-c2ccccc2C)c1)C1CCCCC1.[H-].[Li+]. The zero-order valence-corrected chi connectivity index (χ0v) is 25.8. The van der Waals surface area contributed by atoms with Gasteiger partial charge in [-0.2, -0.15) is 11.8 Å². The number of carbonyl (C=O) groups is 3. The molecular weight excluding hydrogens is 515 g/mol. The second-order valence-electron chi connectivity index (χ2n) is 11.0. The van der Waals surface area contributed by atoms with Gasteiger partial charge in [0.15, 0.2) is 0 Å². The van der Waals surface area contributed by atoms with Gasteiger partial charge in [-0.25, -0.2) is 9.59 Å². The summed E-state index contributed by atoms with van der Waals surface area (Å²) in [7, 11) is 2.12. The fraction of sp³-hybridized carbons (Fsp3) is 0.531. The average molecular weight is 562 g/mol. The van der Waals surface area contributed by atoms with Gasteiger partial charge in [-0.05, 0) is 85.8 Å². The van der Waals surface area contributed by atoms with Crippen LogP contribution in [0.1, 0.15) is 81.2 Å². The first-order valence-corrected chi connectivity index (χ1v) is 15.7. The number of rotatable bonds is 13. The molecule has 2 aromatic carbocycles. The molecule has 3 rings (SSSR count). The Morgan fingerprint density at radius 2 is 1.80 bits per heavy atom. The van der Waals surface area contributed by atoms with Crippen molar-refractivity contribution in [2.75, 3.05) is 25.6 Å². The molecule has 0 spiro atoms. The van der Waals surface area contributed by atoms with E-state index in [9.17, 15) is 19.5 Å². The van der Waals surface area contributed by atoms with Crippen LogP contribution < -0.4 is 24.2 Å². The summed E-state index contributed by atoms with van der Waals surface area (Å²) < 4.78 is 0.478. The Kier molecular flexibility index (Phi) is 14.0. The summed E-state index contributed by atoms with van der Waals surface area (Å²) in [5.74, 6) is -0.433. The number of aliphatic carboxylic acids is 1. The fourth-order valence-corrected chi connectivity index (χ4v) is 6.24. The maximum atomic E-state index is 13.4. The molecular formula is C32H46LiN2O4S+. The third-order valence-corrected chi connectivity index (χ3v) is 8.90. The van der Waals surface area contributed by atoms with Crippen LogP contribution in [0.5, 0.6) is 0 Å². The molecule has 0 aliphatic heterocycles. The molecule has 6 nitrogen and oxygen atoms in total. The Hall–Kier alpha value is -2.04. The molecule has 1 saturated carbocycles. The maximum absolute atomic E-state index is 13.4. The smallest absolute Gasteiger partial charge is 1.00 e. The summed E-state index contributed by atoms with van der Waals surface area (Å²) in [4.78, 5) is 38.6. The number of carboxylic acids is 1. The fourth-order valence-electron chi connectivity index (χ4n) is 5.76. The van der Waals surface area contributed by atoms with Crippen LogP contribution in [-0.2, 0) is 16.0 Å². The van der Waals surface area contributed by atoms with Crippen LogP contribution in [0.2, 0.25) is 0 Å². The minimum absolute atomic E-state index is 0. The second-order valence-corrected chi connectivity index (χ2v) is 12.0. The first kappa shape index (κ1) is 34.2. The number of aryl methyl sites for hydroxylation is 1. The quantitative estimate of drug-likeness (QED) is 0.290. The van der Waals surface area contributed by atoms with Gasteiger partial charge in [0.1, 0.15) is 6.04 Å². The van der Waals surface area contributed by atoms with Gasteiger partial charge < -0.3 is 11.8 Å². The average Bonchev–Trinajstić information content (AvgIpc) is 2.94. The van der Waals surface area contributed by atoms with Crippen molar-refractivity contribution in [2.24, 2.45) is 0 Å². The van der Waals surface area contributed by atoms with E-state index in [0.29, 0.717) is 40.6 Å². The first-order valence-electron chi connectivity index (χ1n) is 14.3. The van der Waals surface area contributed by atoms with Crippen LogP contribution >= 0.6 is 11.8 Å². The summed E-state index contributed by atoms with van der Waals surface area (Å²) in [6.45, 7) is 4.82. The number of thioether (sulfide) groups is 1. The van der Waals surface area contributed by atoms with Crippen LogP contribution in [-0.4, -0.2) is 65.1 Å². The molecule has 1 aliphatic rings. The topological polar surface area (TPSA) is 83.5 Å². The van der Waals surface area contributed by atoms with Crippen LogP contribution in [0.15, 0.2) is 42.5 Å². The summed E-state index contributed by atoms with van der Waals surface area (Å²) in [5, 5.41) is 12.4. The van der Waals surface area contributed by atoms with Crippen LogP contribution in [0.4, 0.5) is 0 Å². The number of nitrogens with zero attached hydrogens (tertiary/aromatic N) is 1. The molecule has 2 N–H and O–H groups in total. The zero-order valence-electron chi connectivity index (χ0n) is 26.0. The van der Waals surface area contributed by atoms with Crippen molar-refractivity contribution in [3.63, 3.8) is 0 Å². The van der Waals surface area contributed by atoms with E-state index in [0.717, 1.165) is 54.5 Å². The monoisotopic (exact) mass is 561 g/mol. The molecule has 0 saturated heterocycles. The first-order chi connectivity index (χ1) is 18.7. The van der Waals surface area contributed by atoms with Crippen molar-refractivity contribution in [3.8, 4) is 11.1 Å². The Bertz CT molecular complexity index is 1160. The summed E-state index contributed by atoms with van der Waals surface area (Å²) >= 11 is 1.56. The van der Waals surface area contributed by atoms with Gasteiger partial charge in [-0.3, -0.25) is 9.28 Å². The molecule has 214 valence electrons. The molecule has 1 unspecified atom stereocenters. The molecule has 2 atom stereocenters. The van der Waals surface area contributed by atoms with Crippen LogP contribution in [0.3, 0.4) is 0 Å². The number of likely N-dealkylation sites (N-methyl/N-ethyl adjacent to an activating group) is 1. The number of hydrogen-bond donors (Lipinski definition) is 2. The maximum Gasteiger partial charge on any atom is 1.00 e. The number of benzene rings is 2. The minimum atomic E-state index is -1.03. The van der Waals surface area contributed by atoms with Gasteiger partial charge in [-0.1, -0.05) is 49.7 Å². The molecule has 0 heterocycles. The number of carbonyl (C=O) groups excluding carboxylic acids is 2. The molecule has 0 aromatic heterocycles. The van der Waals surface area contributed by atoms with E-state index in [1.54, 1.807) is 11.8 Å². The van der Waals surface area contributed by atoms with Gasteiger partial charge >= 0.3 is 30.7 Å². The molecule has 8 heteroatoms. The van der Waals surface area contributed by atoms with Crippen LogP contribution in [0, 0.1) is 6.92 Å². The third-order valence-electron chi connectivity index (χ3n) is 8.26. The predicted molar refractivity (Wildman–Crippen MR) is 161 cm³/mol. The molecule has 0 radical (unpaired) electrons. The Morgan fingerprint density at radius 1 is 1.10 bits per heavy atom. The number of hydrogen-bond acceptors (Lipinski definition) is 4. The number of quaternary nitrogens is 1. The number of amides is 2. The third kappa shape index (κ3) is 8.73. The Balaban J connectivity index is 0.00000420. The second kappa shape index (κ2) is 16.4. The number of carboxylic acid groups (broad SMARTS) is 1. The minimum Gasteiger partial charge on any atom is -1.00 e. The van der Waals surface area contributed by atoms with E-state index in [2.05, 4.69) is 25.4 Å². The van der Waals surface area contributed by atoms with Crippen molar-refractivity contribution in [1.29, 1.82) is 0 Å². The van der Waals surface area contributed by atoms with Gasteiger partial charge in [0.25, 0.3) is 5.91 Å². The van der Waals surface area contributed by atoms with Crippen molar-refractivity contribution >= 4 is 29.5 Å². The number of nitrogens with one attached hydrogen (secondary N) is 1. The van der Waals surface area contributed by atoms with E-state index < -0.39 is 12.0 Å². The molecule has 1 aliphatic carbocycles. The Labute approximate surface area is 257 Å². The summed E-state index contributed by atoms with van der Waals surface area (Å²) in [6.07, 6.45) is 10.3. The van der Waals surface area contributed by atoms with Crippen LogP contribution in [0.25, 0.3) is 11.1 Å². The predicted octanol–water partition coefficient (Wildman–Crippen LogP) is 3.36. The molecule has 0 bridgehead atoms. The van der Waals surface area contributed by atoms with E-state index in [4.69, 9.17) is 0 Å². The van der Waals surface area contributed by atoms with Crippen molar-refractivity contribution < 1.29 is 44.3 Å². The zero-order chi connectivity index (χ0) is 28.4. The summed E-state index contributed by atoms with van der Waals surface area (Å²) in [6, 6.07) is 13.2. The van der Waals surface area contributed by atoms with Gasteiger partial charge in [-0.15, -0.1) is 0 Å². The Morgan fingerprint density at radius 3 is 2.42 bits per heavy atom.